The first kappa shape index (κ1) is 22.7. The highest BCUT2D eigenvalue weighted by atomic mass is 16.5. The number of hydrogen-bond donors (Lipinski definition) is 1. The summed E-state index contributed by atoms with van der Waals surface area (Å²) in [5.41, 5.74) is 3.83. The van der Waals surface area contributed by atoms with E-state index in [4.69, 9.17) is 9.73 Å². The van der Waals surface area contributed by atoms with Gasteiger partial charge < -0.3 is 10.1 Å². The minimum atomic E-state index is -0.255. The largest absolute Gasteiger partial charge is 0.497 e. The van der Waals surface area contributed by atoms with Crippen LogP contribution >= 0.6 is 0 Å². The van der Waals surface area contributed by atoms with Gasteiger partial charge in [-0.05, 0) is 62.4 Å². The number of methoxy groups -OCH3 is 1. The van der Waals surface area contributed by atoms with Gasteiger partial charge in [-0.15, -0.1) is 0 Å². The van der Waals surface area contributed by atoms with Gasteiger partial charge in [0.25, 0.3) is 5.91 Å². The summed E-state index contributed by atoms with van der Waals surface area (Å²) in [6.45, 7) is 9.06. The topological polar surface area (TPSA) is 67.8 Å². The lowest BCUT2D eigenvalue weighted by molar-refractivity contribution is 0.0949. The van der Waals surface area contributed by atoms with Gasteiger partial charge in [-0.2, -0.15) is 0 Å². The highest BCUT2D eigenvalue weighted by molar-refractivity contribution is 6.17. The number of nitrogens with zero attached hydrogens (tertiary/aromatic N) is 1. The Hall–Kier alpha value is -2.95. The number of aliphatic imine (C=N–C) groups is 1. The molecule has 164 valence electrons. The molecule has 2 aromatic rings. The molecule has 0 spiro atoms. The van der Waals surface area contributed by atoms with Crippen LogP contribution in [0, 0.1) is 5.92 Å². The van der Waals surface area contributed by atoms with Gasteiger partial charge in [0.1, 0.15) is 5.75 Å². The van der Waals surface area contributed by atoms with E-state index >= 15 is 0 Å². The van der Waals surface area contributed by atoms with Crippen molar-refractivity contribution < 1.29 is 14.3 Å². The Morgan fingerprint density at radius 3 is 2.42 bits per heavy atom. The summed E-state index contributed by atoms with van der Waals surface area (Å²) in [4.78, 5) is 30.1. The molecule has 2 aromatic carbocycles. The summed E-state index contributed by atoms with van der Waals surface area (Å²) >= 11 is 0. The summed E-state index contributed by atoms with van der Waals surface area (Å²) in [6, 6.07) is 12.8. The number of hydrogen-bond acceptors (Lipinski definition) is 4. The maximum absolute atomic E-state index is 13.0. The molecule has 0 fully saturated rings. The Morgan fingerprint density at radius 2 is 1.77 bits per heavy atom. The highest BCUT2D eigenvalue weighted by Crippen LogP contribution is 2.31. The number of fused-ring (bicyclic) bond motifs is 1. The third-order valence-corrected chi connectivity index (χ3v) is 5.49. The van der Waals surface area contributed by atoms with Crippen molar-refractivity contribution in [2.24, 2.45) is 10.9 Å². The van der Waals surface area contributed by atoms with Gasteiger partial charge in [-0.3, -0.25) is 14.6 Å². The minimum absolute atomic E-state index is 0.0167. The third-order valence-electron chi connectivity index (χ3n) is 5.49. The standard InChI is InChI=1S/C26H32N2O3/c1-17(2)12-13-27-25(30)19-8-6-18(7-9-19)24(29)15-23-22-14-21(31-5)11-10-20(22)16-26(3,4)28-23/h6-11,14,17H,12-13,15-16H2,1-5H3,(H,27,30). The fourth-order valence-electron chi connectivity index (χ4n) is 3.81. The van der Waals surface area contributed by atoms with Crippen molar-refractivity contribution in [1.29, 1.82) is 0 Å². The van der Waals surface area contributed by atoms with Crippen LogP contribution in [-0.2, 0) is 6.42 Å². The molecule has 0 unspecified atom stereocenters. The molecule has 1 aliphatic rings. The zero-order chi connectivity index (χ0) is 22.6. The second-order valence-corrected chi connectivity index (χ2v) is 9.19. The van der Waals surface area contributed by atoms with Crippen molar-refractivity contribution in [3.63, 3.8) is 0 Å². The molecule has 5 heteroatoms. The molecule has 3 rings (SSSR count). The molecular weight excluding hydrogens is 388 g/mol. The van der Waals surface area contributed by atoms with Gasteiger partial charge >= 0.3 is 0 Å². The highest BCUT2D eigenvalue weighted by Gasteiger charge is 2.28. The number of rotatable bonds is 8. The van der Waals surface area contributed by atoms with E-state index in [9.17, 15) is 9.59 Å². The SMILES string of the molecule is COc1ccc2c(c1)C(CC(=O)c1ccc(C(=O)NCCC(C)C)cc1)=NC(C)(C)C2. The summed E-state index contributed by atoms with van der Waals surface area (Å²) in [5, 5.41) is 2.92. The molecule has 0 saturated carbocycles. The quantitative estimate of drug-likeness (QED) is 0.620. The maximum atomic E-state index is 13.0. The summed E-state index contributed by atoms with van der Waals surface area (Å²) in [5.74, 6) is 1.17. The van der Waals surface area contributed by atoms with Gasteiger partial charge in [0, 0.05) is 23.2 Å². The average molecular weight is 421 g/mol. The van der Waals surface area contributed by atoms with Crippen LogP contribution in [0.1, 0.15) is 72.4 Å². The summed E-state index contributed by atoms with van der Waals surface area (Å²) < 4.78 is 5.37. The van der Waals surface area contributed by atoms with Crippen LogP contribution in [0.15, 0.2) is 47.5 Å². The number of carbonyl (C=O) groups excluding carboxylic acids is 2. The van der Waals surface area contributed by atoms with Crippen LogP contribution in [0.4, 0.5) is 0 Å². The van der Waals surface area contributed by atoms with Crippen LogP contribution in [0.25, 0.3) is 0 Å². The van der Waals surface area contributed by atoms with Crippen molar-refractivity contribution in [2.45, 2.75) is 52.5 Å². The van der Waals surface area contributed by atoms with Crippen LogP contribution in [0.2, 0.25) is 0 Å². The molecular formula is C26H32N2O3. The molecule has 1 heterocycles. The Labute approximate surface area is 184 Å². The summed E-state index contributed by atoms with van der Waals surface area (Å²) in [7, 11) is 1.64. The van der Waals surface area contributed by atoms with E-state index < -0.39 is 0 Å². The van der Waals surface area contributed by atoms with Crippen molar-refractivity contribution in [1.82, 2.24) is 5.32 Å². The molecule has 31 heavy (non-hydrogen) atoms. The predicted molar refractivity (Wildman–Crippen MR) is 124 cm³/mol. The molecule has 0 bridgehead atoms. The molecule has 1 N–H and O–H groups in total. The first-order chi connectivity index (χ1) is 14.7. The number of benzene rings is 2. The normalized spacial score (nSPS) is 14.6. The predicted octanol–water partition coefficient (Wildman–Crippen LogP) is 4.87. The molecule has 0 atom stereocenters. The van der Waals surface area contributed by atoms with E-state index in [0.717, 1.165) is 29.9 Å². The van der Waals surface area contributed by atoms with E-state index in [1.807, 2.05) is 12.1 Å². The zero-order valence-corrected chi connectivity index (χ0v) is 19.1. The first-order valence-electron chi connectivity index (χ1n) is 10.9. The number of carbonyl (C=O) groups is 2. The van der Waals surface area contributed by atoms with E-state index in [-0.39, 0.29) is 23.7 Å². The van der Waals surface area contributed by atoms with Crippen LogP contribution in [0.3, 0.4) is 0 Å². The lowest BCUT2D eigenvalue weighted by atomic mass is 9.85. The molecule has 0 aromatic heterocycles. The van der Waals surface area contributed by atoms with Crippen molar-refractivity contribution in [3.8, 4) is 5.75 Å². The minimum Gasteiger partial charge on any atom is -0.497 e. The van der Waals surface area contributed by atoms with Gasteiger partial charge in [-0.25, -0.2) is 0 Å². The lowest BCUT2D eigenvalue weighted by Gasteiger charge is -2.29. The Balaban J connectivity index is 1.74. The van der Waals surface area contributed by atoms with Crippen molar-refractivity contribution in [3.05, 3.63) is 64.7 Å². The second-order valence-electron chi connectivity index (χ2n) is 9.19. The fraction of sp³-hybridized carbons (Fsp3) is 0.423. The van der Waals surface area contributed by atoms with Crippen LogP contribution in [-0.4, -0.2) is 36.6 Å². The number of Topliss-reactive ketones (excluding diaryl/α,β-unsaturated/α-hetero) is 1. The molecule has 0 saturated heterocycles. The van der Waals surface area contributed by atoms with E-state index in [2.05, 4.69) is 39.1 Å². The Bertz CT molecular complexity index is 988. The Kier molecular flexibility index (Phi) is 6.94. The number of ether oxygens (including phenoxy) is 1. The van der Waals surface area contributed by atoms with Gasteiger partial charge in [-0.1, -0.05) is 32.0 Å². The van der Waals surface area contributed by atoms with E-state index in [1.165, 1.54) is 5.56 Å². The van der Waals surface area contributed by atoms with Gasteiger partial charge in [0.05, 0.1) is 24.8 Å². The second kappa shape index (κ2) is 9.46. The van der Waals surface area contributed by atoms with Gasteiger partial charge in [0.15, 0.2) is 5.78 Å². The smallest absolute Gasteiger partial charge is 0.251 e. The number of nitrogens with one attached hydrogen (secondary N) is 1. The van der Waals surface area contributed by atoms with Crippen LogP contribution < -0.4 is 10.1 Å². The average Bonchev–Trinajstić information content (AvgIpc) is 2.72. The van der Waals surface area contributed by atoms with E-state index in [1.54, 1.807) is 31.4 Å². The molecule has 1 amide bonds. The maximum Gasteiger partial charge on any atom is 0.251 e. The third kappa shape index (κ3) is 5.81. The first-order valence-corrected chi connectivity index (χ1v) is 10.9. The molecule has 5 nitrogen and oxygen atoms in total. The summed E-state index contributed by atoms with van der Waals surface area (Å²) in [6.07, 6.45) is 1.97. The monoisotopic (exact) mass is 420 g/mol. The molecule has 1 aliphatic heterocycles. The van der Waals surface area contributed by atoms with Crippen LogP contribution in [0.5, 0.6) is 5.75 Å². The lowest BCUT2D eigenvalue weighted by Crippen LogP contribution is -2.30. The van der Waals surface area contributed by atoms with Crippen molar-refractivity contribution >= 4 is 17.4 Å². The van der Waals surface area contributed by atoms with Crippen molar-refractivity contribution in [2.75, 3.05) is 13.7 Å². The molecule has 0 aliphatic carbocycles. The fourth-order valence-corrected chi connectivity index (χ4v) is 3.81. The number of amides is 1. The van der Waals surface area contributed by atoms with Gasteiger partial charge in [0.2, 0.25) is 0 Å². The van der Waals surface area contributed by atoms with E-state index in [0.29, 0.717) is 23.6 Å². The number of ketones is 1. The zero-order valence-electron chi connectivity index (χ0n) is 19.1. The Morgan fingerprint density at radius 1 is 1.10 bits per heavy atom. The molecule has 0 radical (unpaired) electrons.